The van der Waals surface area contributed by atoms with Crippen LogP contribution >= 0.6 is 0 Å². The van der Waals surface area contributed by atoms with Gasteiger partial charge in [0.15, 0.2) is 0 Å². The van der Waals surface area contributed by atoms with E-state index < -0.39 is 11.7 Å². The van der Waals surface area contributed by atoms with Crippen LogP contribution in [0.2, 0.25) is 0 Å². The number of benzene rings is 3. The van der Waals surface area contributed by atoms with Crippen LogP contribution in [0.4, 0.5) is 10.1 Å². The van der Waals surface area contributed by atoms with Gasteiger partial charge in [-0.25, -0.2) is 4.39 Å². The predicted molar refractivity (Wildman–Crippen MR) is 142 cm³/mol. The first-order valence-corrected chi connectivity index (χ1v) is 12.5. The molecule has 1 aliphatic heterocycles. The number of fused-ring (bicyclic) bond motifs is 1. The Morgan fingerprint density at radius 3 is 2.62 bits per heavy atom. The molecule has 0 spiro atoms. The number of nitrogens with zero attached hydrogens (tertiary/aromatic N) is 1. The van der Waals surface area contributed by atoms with Gasteiger partial charge in [-0.05, 0) is 68.7 Å². The molecule has 1 atom stereocenters. The van der Waals surface area contributed by atoms with Crippen LogP contribution in [0, 0.1) is 12.7 Å². The number of ether oxygens (including phenoxy) is 1. The molecule has 2 N–H and O–H groups in total. The highest BCUT2D eigenvalue weighted by Gasteiger charge is 2.30. The number of rotatable bonds is 7. The number of hydrogen-bond donors (Lipinski definition) is 2. The van der Waals surface area contributed by atoms with E-state index in [1.807, 2.05) is 48.7 Å². The molecule has 37 heavy (non-hydrogen) atoms. The molecule has 2 heterocycles. The van der Waals surface area contributed by atoms with E-state index in [-0.39, 0.29) is 17.1 Å². The van der Waals surface area contributed by atoms with Gasteiger partial charge in [0.2, 0.25) is 0 Å². The minimum absolute atomic E-state index is 0.0256. The number of anilines is 1. The lowest BCUT2D eigenvalue weighted by molar-refractivity contribution is 0.0205. The molecule has 0 aliphatic carbocycles. The van der Waals surface area contributed by atoms with Crippen LogP contribution in [0.15, 0.2) is 72.8 Å². The topological polar surface area (TPSA) is 72.4 Å². The highest BCUT2D eigenvalue weighted by molar-refractivity contribution is 6.06. The lowest BCUT2D eigenvalue weighted by Gasteiger charge is -2.23. The zero-order valence-electron chi connectivity index (χ0n) is 21.0. The third kappa shape index (κ3) is 5.42. The first-order chi connectivity index (χ1) is 17.8. The molecule has 190 valence electrons. The van der Waals surface area contributed by atoms with E-state index in [0.29, 0.717) is 31.1 Å². The third-order valence-corrected chi connectivity index (χ3v) is 6.86. The van der Waals surface area contributed by atoms with Crippen molar-refractivity contribution in [2.45, 2.75) is 38.8 Å². The fourth-order valence-electron chi connectivity index (χ4n) is 4.88. The van der Waals surface area contributed by atoms with Gasteiger partial charge in [-0.15, -0.1) is 0 Å². The van der Waals surface area contributed by atoms with Gasteiger partial charge in [0.25, 0.3) is 11.8 Å². The van der Waals surface area contributed by atoms with Crippen LogP contribution < -0.4 is 10.6 Å². The normalized spacial score (nSPS) is 17.2. The molecule has 1 saturated heterocycles. The molecular weight excluding hydrogens is 469 g/mol. The van der Waals surface area contributed by atoms with Crippen molar-refractivity contribution in [1.29, 1.82) is 0 Å². The average Bonchev–Trinajstić information content (AvgIpc) is 3.47. The van der Waals surface area contributed by atoms with Crippen LogP contribution in [0.5, 0.6) is 0 Å². The maximum Gasteiger partial charge on any atom is 0.268 e. The first kappa shape index (κ1) is 24.7. The Bertz CT molecular complexity index is 1470. The standard InChI is InChI=1S/C30H30FN3O3/c1-20-7-5-8-21(15-20)18-34-26-12-11-23(33-28(35)24-9-3-4-10-25(24)31)16-22(26)17-27(34)29(36)32-19-30(2)13-6-14-37-30/h3-5,7-12,15-17H,6,13-14,18-19H2,1-2H3,(H,32,36)(H,33,35)/t30-/m1/s1. The van der Waals surface area contributed by atoms with E-state index in [2.05, 4.69) is 16.7 Å². The molecule has 6 nitrogen and oxygen atoms in total. The van der Waals surface area contributed by atoms with Gasteiger partial charge in [-0.2, -0.15) is 0 Å². The number of nitrogens with one attached hydrogen (secondary N) is 2. The van der Waals surface area contributed by atoms with Crippen molar-refractivity contribution in [1.82, 2.24) is 9.88 Å². The average molecular weight is 500 g/mol. The van der Waals surface area contributed by atoms with Gasteiger partial charge in [0.05, 0.1) is 11.2 Å². The Balaban J connectivity index is 1.46. The molecule has 0 saturated carbocycles. The molecule has 5 rings (SSSR count). The maximum absolute atomic E-state index is 14.1. The fourth-order valence-corrected chi connectivity index (χ4v) is 4.88. The second-order valence-electron chi connectivity index (χ2n) is 9.90. The summed E-state index contributed by atoms with van der Waals surface area (Å²) in [6.07, 6.45) is 1.89. The summed E-state index contributed by atoms with van der Waals surface area (Å²) < 4.78 is 21.9. The van der Waals surface area contributed by atoms with Gasteiger partial charge in [-0.3, -0.25) is 9.59 Å². The van der Waals surface area contributed by atoms with E-state index in [0.717, 1.165) is 34.9 Å². The molecule has 1 aromatic heterocycles. The molecule has 2 amide bonds. The zero-order valence-corrected chi connectivity index (χ0v) is 21.0. The Kier molecular flexibility index (Phi) is 6.80. The molecule has 0 bridgehead atoms. The molecule has 1 fully saturated rings. The Morgan fingerprint density at radius 2 is 1.86 bits per heavy atom. The first-order valence-electron chi connectivity index (χ1n) is 12.5. The number of amides is 2. The smallest absolute Gasteiger partial charge is 0.268 e. The summed E-state index contributed by atoms with van der Waals surface area (Å²) in [6.45, 7) is 5.72. The highest BCUT2D eigenvalue weighted by Crippen LogP contribution is 2.27. The second-order valence-corrected chi connectivity index (χ2v) is 9.90. The lowest BCUT2D eigenvalue weighted by Crippen LogP contribution is -2.40. The lowest BCUT2D eigenvalue weighted by atomic mass is 10.0. The number of halogens is 1. The van der Waals surface area contributed by atoms with Crippen molar-refractivity contribution in [3.05, 3.63) is 101 Å². The van der Waals surface area contributed by atoms with E-state index in [4.69, 9.17) is 4.74 Å². The van der Waals surface area contributed by atoms with Crippen molar-refractivity contribution in [2.24, 2.45) is 0 Å². The SMILES string of the molecule is Cc1cccc(Cn2c(C(=O)NC[C@@]3(C)CCCO3)cc3cc(NC(=O)c4ccccc4F)ccc32)c1. The molecule has 0 radical (unpaired) electrons. The van der Waals surface area contributed by atoms with Crippen molar-refractivity contribution in [3.8, 4) is 0 Å². The van der Waals surface area contributed by atoms with Crippen LogP contribution in [-0.2, 0) is 11.3 Å². The van der Waals surface area contributed by atoms with Gasteiger partial charge in [0, 0.05) is 36.3 Å². The van der Waals surface area contributed by atoms with E-state index in [1.54, 1.807) is 24.3 Å². The van der Waals surface area contributed by atoms with Crippen molar-refractivity contribution < 1.29 is 18.7 Å². The predicted octanol–water partition coefficient (Wildman–Crippen LogP) is 5.69. The number of hydrogen-bond acceptors (Lipinski definition) is 3. The van der Waals surface area contributed by atoms with Gasteiger partial charge >= 0.3 is 0 Å². The largest absolute Gasteiger partial charge is 0.373 e. The second kappa shape index (κ2) is 10.2. The van der Waals surface area contributed by atoms with Gasteiger partial charge in [-0.1, -0.05) is 42.0 Å². The van der Waals surface area contributed by atoms with Crippen LogP contribution in [0.3, 0.4) is 0 Å². The van der Waals surface area contributed by atoms with Crippen LogP contribution in [0.1, 0.15) is 51.7 Å². The minimum atomic E-state index is -0.579. The Hall–Kier alpha value is -3.97. The van der Waals surface area contributed by atoms with Gasteiger partial charge < -0.3 is 19.9 Å². The number of aryl methyl sites for hydroxylation is 1. The summed E-state index contributed by atoms with van der Waals surface area (Å²) in [5, 5.41) is 6.63. The maximum atomic E-state index is 14.1. The van der Waals surface area contributed by atoms with E-state index in [1.165, 1.54) is 12.1 Å². The van der Waals surface area contributed by atoms with Gasteiger partial charge in [0.1, 0.15) is 11.5 Å². The van der Waals surface area contributed by atoms with Crippen LogP contribution in [0.25, 0.3) is 10.9 Å². The Labute approximate surface area is 215 Å². The van der Waals surface area contributed by atoms with E-state index in [9.17, 15) is 14.0 Å². The summed E-state index contributed by atoms with van der Waals surface area (Å²) in [5.41, 5.74) is 3.75. The molecular formula is C30H30FN3O3. The summed E-state index contributed by atoms with van der Waals surface area (Å²) in [7, 11) is 0. The van der Waals surface area contributed by atoms with E-state index >= 15 is 0 Å². The molecule has 3 aromatic carbocycles. The fraction of sp³-hybridized carbons (Fsp3) is 0.267. The van der Waals surface area contributed by atoms with Crippen molar-refractivity contribution in [2.75, 3.05) is 18.5 Å². The Morgan fingerprint density at radius 1 is 1.03 bits per heavy atom. The monoisotopic (exact) mass is 499 g/mol. The van der Waals surface area contributed by atoms with Crippen molar-refractivity contribution in [3.63, 3.8) is 0 Å². The number of carbonyl (C=O) groups is 2. The summed E-state index contributed by atoms with van der Waals surface area (Å²) in [6, 6.07) is 21.3. The molecule has 1 aliphatic rings. The number of aromatic nitrogens is 1. The number of carbonyl (C=O) groups excluding carboxylic acids is 2. The minimum Gasteiger partial charge on any atom is -0.373 e. The highest BCUT2D eigenvalue weighted by atomic mass is 19.1. The summed E-state index contributed by atoms with van der Waals surface area (Å²) in [4.78, 5) is 26.0. The molecule has 7 heteroatoms. The van der Waals surface area contributed by atoms with Crippen LogP contribution in [-0.4, -0.2) is 35.1 Å². The molecule has 0 unspecified atom stereocenters. The summed E-state index contributed by atoms with van der Waals surface area (Å²) >= 11 is 0. The zero-order chi connectivity index (χ0) is 26.0. The third-order valence-electron chi connectivity index (χ3n) is 6.86. The molecule has 4 aromatic rings. The summed E-state index contributed by atoms with van der Waals surface area (Å²) in [5.74, 6) is -1.29. The quantitative estimate of drug-likeness (QED) is 0.343. The van der Waals surface area contributed by atoms with Crippen molar-refractivity contribution >= 4 is 28.4 Å².